The zero-order valence-electron chi connectivity index (χ0n) is 15.5. The SMILES string of the molecule is Cc1cccc(OP2(=O)OCC3(COC4(CCCCC4)OC3)CO2)c1C. The van der Waals surface area contributed by atoms with Gasteiger partial charge in [0.2, 0.25) is 0 Å². The van der Waals surface area contributed by atoms with Crippen LogP contribution in [-0.2, 0) is 23.1 Å². The van der Waals surface area contributed by atoms with Crippen LogP contribution in [0.3, 0.4) is 0 Å². The topological polar surface area (TPSA) is 63.2 Å². The fourth-order valence-electron chi connectivity index (χ4n) is 3.71. The highest BCUT2D eigenvalue weighted by molar-refractivity contribution is 7.49. The average Bonchev–Trinajstić information content (AvgIpc) is 2.65. The lowest BCUT2D eigenvalue weighted by Crippen LogP contribution is -2.55. The molecule has 6 nitrogen and oxygen atoms in total. The molecule has 4 rings (SSSR count). The summed E-state index contributed by atoms with van der Waals surface area (Å²) in [6.07, 6.45) is 5.40. The molecular weight excluding hydrogens is 355 g/mol. The van der Waals surface area contributed by atoms with E-state index in [1.54, 1.807) is 6.07 Å². The molecule has 0 bridgehead atoms. The van der Waals surface area contributed by atoms with Crippen LogP contribution in [-0.4, -0.2) is 32.2 Å². The largest absolute Gasteiger partial charge is 0.530 e. The van der Waals surface area contributed by atoms with Gasteiger partial charge < -0.3 is 14.0 Å². The summed E-state index contributed by atoms with van der Waals surface area (Å²) in [5, 5.41) is 0. The molecule has 2 saturated heterocycles. The maximum Gasteiger partial charge on any atom is 0.530 e. The number of rotatable bonds is 2. The van der Waals surface area contributed by atoms with Gasteiger partial charge in [0, 0.05) is 12.8 Å². The standard InChI is InChI=1S/C19H27O6P/c1-15-7-6-8-17(16(15)2)25-26(20)23-13-18(14-24-26)11-21-19(22-12-18)9-4-3-5-10-19/h6-8H,3-5,9-14H2,1-2H3. The molecule has 0 amide bonds. The first-order valence-corrected chi connectivity index (χ1v) is 10.8. The van der Waals surface area contributed by atoms with Crippen LogP contribution >= 0.6 is 7.82 Å². The summed E-state index contributed by atoms with van der Waals surface area (Å²) in [6, 6.07) is 5.62. The number of benzene rings is 1. The Labute approximate surface area is 154 Å². The third-order valence-corrected chi connectivity index (χ3v) is 7.03. The molecule has 2 aliphatic heterocycles. The van der Waals surface area contributed by atoms with E-state index in [9.17, 15) is 4.57 Å². The Bertz CT molecular complexity index is 688. The highest BCUT2D eigenvalue weighted by Crippen LogP contribution is 2.56. The molecule has 2 heterocycles. The molecule has 7 heteroatoms. The molecular formula is C19H27O6P. The van der Waals surface area contributed by atoms with E-state index in [-0.39, 0.29) is 13.2 Å². The average molecular weight is 382 g/mol. The zero-order valence-corrected chi connectivity index (χ0v) is 16.4. The minimum absolute atomic E-state index is 0.241. The Morgan fingerprint density at radius 3 is 2.27 bits per heavy atom. The molecule has 1 aromatic carbocycles. The molecule has 0 aromatic heterocycles. The van der Waals surface area contributed by atoms with E-state index in [0.29, 0.717) is 19.0 Å². The van der Waals surface area contributed by atoms with E-state index >= 15 is 0 Å². The van der Waals surface area contributed by atoms with Crippen molar-refractivity contribution in [1.29, 1.82) is 0 Å². The van der Waals surface area contributed by atoms with Crippen LogP contribution in [0, 0.1) is 19.3 Å². The first-order valence-electron chi connectivity index (χ1n) is 9.36. The summed E-state index contributed by atoms with van der Waals surface area (Å²) in [7, 11) is -3.63. The second kappa shape index (κ2) is 6.92. The van der Waals surface area contributed by atoms with E-state index in [4.69, 9.17) is 23.0 Å². The van der Waals surface area contributed by atoms with Crippen molar-refractivity contribution in [3.8, 4) is 5.75 Å². The van der Waals surface area contributed by atoms with Gasteiger partial charge >= 0.3 is 7.82 Å². The molecule has 0 N–H and O–H groups in total. The van der Waals surface area contributed by atoms with Crippen LogP contribution in [0.2, 0.25) is 0 Å². The van der Waals surface area contributed by atoms with Crippen molar-refractivity contribution in [2.45, 2.75) is 51.7 Å². The molecule has 1 saturated carbocycles. The van der Waals surface area contributed by atoms with E-state index in [2.05, 4.69) is 0 Å². The summed E-state index contributed by atoms with van der Waals surface area (Å²) in [6.45, 7) is 5.38. The molecule has 0 radical (unpaired) electrons. The molecule has 2 spiro atoms. The van der Waals surface area contributed by atoms with E-state index in [0.717, 1.165) is 36.8 Å². The Morgan fingerprint density at radius 2 is 1.62 bits per heavy atom. The van der Waals surface area contributed by atoms with Crippen molar-refractivity contribution < 1.29 is 27.6 Å². The highest BCUT2D eigenvalue weighted by Gasteiger charge is 2.51. The second-order valence-corrected chi connectivity index (χ2v) is 9.43. The van der Waals surface area contributed by atoms with Gasteiger partial charge in [0.15, 0.2) is 5.79 Å². The van der Waals surface area contributed by atoms with E-state index in [1.807, 2.05) is 26.0 Å². The van der Waals surface area contributed by atoms with Gasteiger partial charge in [0.05, 0.1) is 31.8 Å². The number of hydrogen-bond donors (Lipinski definition) is 0. The number of phosphoric acid groups is 1. The van der Waals surface area contributed by atoms with Crippen molar-refractivity contribution in [1.82, 2.24) is 0 Å². The Hall–Kier alpha value is -0.910. The second-order valence-electron chi connectivity index (χ2n) is 7.83. The monoisotopic (exact) mass is 382 g/mol. The highest BCUT2D eigenvalue weighted by atomic mass is 31.2. The molecule has 3 aliphatic rings. The summed E-state index contributed by atoms with van der Waals surface area (Å²) in [5.41, 5.74) is 1.58. The molecule has 0 unspecified atom stereocenters. The number of phosphoric ester groups is 1. The van der Waals surface area contributed by atoms with Crippen LogP contribution in [0.1, 0.15) is 43.2 Å². The molecule has 144 valence electrons. The first-order chi connectivity index (χ1) is 12.4. The third kappa shape index (κ3) is 3.58. The molecule has 1 aromatic rings. The van der Waals surface area contributed by atoms with Gasteiger partial charge in [-0.3, -0.25) is 9.05 Å². The maximum absolute atomic E-state index is 12.8. The van der Waals surface area contributed by atoms with Crippen LogP contribution < -0.4 is 4.52 Å². The van der Waals surface area contributed by atoms with Crippen LogP contribution in [0.25, 0.3) is 0 Å². The summed E-state index contributed by atoms with van der Waals surface area (Å²) >= 11 is 0. The number of hydrogen-bond acceptors (Lipinski definition) is 6. The van der Waals surface area contributed by atoms with Crippen LogP contribution in [0.5, 0.6) is 5.75 Å². The van der Waals surface area contributed by atoms with Gasteiger partial charge in [-0.15, -0.1) is 0 Å². The smallest absolute Gasteiger partial charge is 0.404 e. The van der Waals surface area contributed by atoms with Crippen molar-refractivity contribution >= 4 is 7.82 Å². The minimum Gasteiger partial charge on any atom is -0.404 e. The maximum atomic E-state index is 12.8. The quantitative estimate of drug-likeness (QED) is 0.701. The lowest BCUT2D eigenvalue weighted by atomic mass is 9.88. The normalized spacial score (nSPS) is 26.7. The molecule has 0 atom stereocenters. The molecule has 26 heavy (non-hydrogen) atoms. The van der Waals surface area contributed by atoms with Crippen molar-refractivity contribution in [2.24, 2.45) is 5.41 Å². The first kappa shape index (κ1) is 18.5. The fraction of sp³-hybridized carbons (Fsp3) is 0.684. The Morgan fingerprint density at radius 1 is 0.962 bits per heavy atom. The van der Waals surface area contributed by atoms with Gasteiger partial charge in [-0.2, -0.15) is 0 Å². The molecule has 3 fully saturated rings. The Kier molecular flexibility index (Phi) is 4.91. The zero-order chi connectivity index (χ0) is 18.3. The van der Waals surface area contributed by atoms with E-state index in [1.165, 1.54) is 6.42 Å². The van der Waals surface area contributed by atoms with Gasteiger partial charge in [-0.25, -0.2) is 4.57 Å². The van der Waals surface area contributed by atoms with Gasteiger partial charge in [0.25, 0.3) is 0 Å². The van der Waals surface area contributed by atoms with Crippen molar-refractivity contribution in [2.75, 3.05) is 26.4 Å². The lowest BCUT2D eigenvalue weighted by Gasteiger charge is -2.48. The summed E-state index contributed by atoms with van der Waals surface area (Å²) in [4.78, 5) is 0. The van der Waals surface area contributed by atoms with Gasteiger partial charge in [0.1, 0.15) is 5.75 Å². The van der Waals surface area contributed by atoms with Crippen LogP contribution in [0.4, 0.5) is 0 Å². The number of aryl methyl sites for hydroxylation is 1. The van der Waals surface area contributed by atoms with Crippen molar-refractivity contribution in [3.63, 3.8) is 0 Å². The summed E-state index contributed by atoms with van der Waals surface area (Å²) in [5.74, 6) is 0.0985. The Balaban J connectivity index is 1.38. The van der Waals surface area contributed by atoms with E-state index < -0.39 is 19.0 Å². The predicted molar refractivity (Wildman–Crippen MR) is 96.2 cm³/mol. The lowest BCUT2D eigenvalue weighted by molar-refractivity contribution is -0.324. The predicted octanol–water partition coefficient (Wildman–Crippen LogP) is 4.53. The molecule has 1 aliphatic carbocycles. The van der Waals surface area contributed by atoms with Crippen LogP contribution in [0.15, 0.2) is 18.2 Å². The van der Waals surface area contributed by atoms with Crippen molar-refractivity contribution in [3.05, 3.63) is 29.3 Å². The fourth-order valence-corrected chi connectivity index (χ4v) is 5.19. The van der Waals surface area contributed by atoms with Gasteiger partial charge in [-0.05, 0) is 43.9 Å². The minimum atomic E-state index is -3.63. The third-order valence-electron chi connectivity index (χ3n) is 5.72. The number of ether oxygens (including phenoxy) is 2. The van der Waals surface area contributed by atoms with Gasteiger partial charge in [-0.1, -0.05) is 18.6 Å². The summed E-state index contributed by atoms with van der Waals surface area (Å²) < 4.78 is 41.9.